The van der Waals surface area contributed by atoms with Crippen LogP contribution in [0.4, 0.5) is 17.1 Å². The van der Waals surface area contributed by atoms with Crippen LogP contribution in [0, 0.1) is 0 Å². The third-order valence-electron chi connectivity index (χ3n) is 12.1. The number of nitrogens with zero attached hydrogens (tertiary/aromatic N) is 4. The molecule has 11 aromatic rings. The Labute approximate surface area is 386 Å². The SMILES string of the molecule is c1ccc(-c2ccc(N(c3ccc(-c4ccccc4)cc3)c3ccc(-c4ccccc4-c4ccccc4-c4ccc(-n5nc(-c6ccccc6)nc5-c5ccccc5)cc4)cc3)cc2)cc1. The molecule has 0 saturated carbocycles. The maximum absolute atomic E-state index is 5.02. The van der Waals surface area contributed by atoms with Crippen molar-refractivity contribution in [2.24, 2.45) is 0 Å². The summed E-state index contributed by atoms with van der Waals surface area (Å²) in [6, 6.07) is 94.3. The fourth-order valence-corrected chi connectivity index (χ4v) is 8.80. The van der Waals surface area contributed by atoms with E-state index in [0.29, 0.717) is 5.82 Å². The van der Waals surface area contributed by atoms with Crippen LogP contribution in [0.3, 0.4) is 0 Å². The number of rotatable bonds is 11. The highest BCUT2D eigenvalue weighted by Gasteiger charge is 2.18. The van der Waals surface area contributed by atoms with Gasteiger partial charge in [-0.1, -0.05) is 218 Å². The molecule has 4 heteroatoms. The van der Waals surface area contributed by atoms with Gasteiger partial charge < -0.3 is 4.90 Å². The van der Waals surface area contributed by atoms with Crippen molar-refractivity contribution >= 4 is 17.1 Å². The number of anilines is 3. The zero-order valence-corrected chi connectivity index (χ0v) is 36.2. The Morgan fingerprint density at radius 2 is 0.576 bits per heavy atom. The summed E-state index contributed by atoms with van der Waals surface area (Å²) in [4.78, 5) is 7.36. The lowest BCUT2D eigenvalue weighted by Gasteiger charge is -2.26. The van der Waals surface area contributed by atoms with E-state index >= 15 is 0 Å². The van der Waals surface area contributed by atoms with Crippen LogP contribution >= 0.6 is 0 Å². The molecular formula is C62H44N4. The van der Waals surface area contributed by atoms with Gasteiger partial charge in [0.25, 0.3) is 0 Å². The molecule has 11 rings (SSSR count). The monoisotopic (exact) mass is 844 g/mol. The zero-order chi connectivity index (χ0) is 44.1. The molecule has 0 unspecified atom stereocenters. The van der Waals surface area contributed by atoms with Gasteiger partial charge in [-0.15, -0.1) is 5.10 Å². The molecule has 1 aromatic heterocycles. The highest BCUT2D eigenvalue weighted by molar-refractivity contribution is 5.92. The van der Waals surface area contributed by atoms with Crippen molar-refractivity contribution in [1.29, 1.82) is 0 Å². The fraction of sp³-hybridized carbons (Fsp3) is 0. The predicted octanol–water partition coefficient (Wildman–Crippen LogP) is 16.4. The van der Waals surface area contributed by atoms with Crippen molar-refractivity contribution in [2.45, 2.75) is 0 Å². The Kier molecular flexibility index (Phi) is 10.9. The smallest absolute Gasteiger partial charge is 0.182 e. The summed E-state index contributed by atoms with van der Waals surface area (Å²) in [6.07, 6.45) is 0. The van der Waals surface area contributed by atoms with Gasteiger partial charge in [0.1, 0.15) is 0 Å². The van der Waals surface area contributed by atoms with Crippen LogP contribution in [0.5, 0.6) is 0 Å². The summed E-state index contributed by atoms with van der Waals surface area (Å²) >= 11 is 0. The zero-order valence-electron chi connectivity index (χ0n) is 36.2. The Hall–Kier alpha value is -8.86. The molecule has 4 nitrogen and oxygen atoms in total. The highest BCUT2D eigenvalue weighted by Crippen LogP contribution is 2.41. The van der Waals surface area contributed by atoms with Crippen molar-refractivity contribution < 1.29 is 0 Å². The number of aromatic nitrogens is 3. The summed E-state index contributed by atoms with van der Waals surface area (Å²) < 4.78 is 1.95. The molecule has 0 saturated heterocycles. The Morgan fingerprint density at radius 3 is 1.00 bits per heavy atom. The van der Waals surface area contributed by atoms with Crippen LogP contribution < -0.4 is 4.90 Å². The third-order valence-corrected chi connectivity index (χ3v) is 12.1. The van der Waals surface area contributed by atoms with Gasteiger partial charge in [0.15, 0.2) is 11.6 Å². The minimum atomic E-state index is 0.691. The van der Waals surface area contributed by atoms with E-state index in [9.17, 15) is 0 Å². The first-order valence-electron chi connectivity index (χ1n) is 22.3. The molecule has 0 radical (unpaired) electrons. The first-order chi connectivity index (χ1) is 32.7. The molecule has 10 aromatic carbocycles. The van der Waals surface area contributed by atoms with Crippen LogP contribution in [0.25, 0.3) is 84.1 Å². The van der Waals surface area contributed by atoms with Gasteiger partial charge in [-0.3, -0.25) is 0 Å². The van der Waals surface area contributed by atoms with E-state index in [-0.39, 0.29) is 0 Å². The van der Waals surface area contributed by atoms with Gasteiger partial charge in [-0.25, -0.2) is 9.67 Å². The average Bonchev–Trinajstić information content (AvgIpc) is 3.86. The lowest BCUT2D eigenvalue weighted by atomic mass is 9.89. The molecule has 0 aliphatic heterocycles. The van der Waals surface area contributed by atoms with Crippen molar-refractivity contribution in [1.82, 2.24) is 14.8 Å². The molecule has 0 aliphatic rings. The van der Waals surface area contributed by atoms with Crippen LogP contribution in [0.2, 0.25) is 0 Å². The molecule has 0 amide bonds. The minimum Gasteiger partial charge on any atom is -0.311 e. The topological polar surface area (TPSA) is 34.0 Å². The molecule has 0 bridgehead atoms. The second-order valence-electron chi connectivity index (χ2n) is 16.2. The molecule has 0 fully saturated rings. The normalized spacial score (nSPS) is 11.0. The lowest BCUT2D eigenvalue weighted by Crippen LogP contribution is -2.09. The van der Waals surface area contributed by atoms with Crippen LogP contribution in [0.1, 0.15) is 0 Å². The Balaban J connectivity index is 0.925. The van der Waals surface area contributed by atoms with E-state index in [2.05, 4.69) is 223 Å². The van der Waals surface area contributed by atoms with Gasteiger partial charge in [-0.05, 0) is 104 Å². The maximum Gasteiger partial charge on any atom is 0.182 e. The molecule has 0 N–H and O–H groups in total. The number of benzene rings is 10. The lowest BCUT2D eigenvalue weighted by molar-refractivity contribution is 0.891. The second kappa shape index (κ2) is 18.1. The first kappa shape index (κ1) is 40.0. The molecule has 312 valence electrons. The molecule has 66 heavy (non-hydrogen) atoms. The van der Waals surface area contributed by atoms with E-state index in [1.54, 1.807) is 0 Å². The van der Waals surface area contributed by atoms with Crippen LogP contribution in [0.15, 0.2) is 267 Å². The largest absolute Gasteiger partial charge is 0.311 e. The van der Waals surface area contributed by atoms with Crippen molar-refractivity contribution in [3.05, 3.63) is 267 Å². The standard InChI is InChI=1S/C62H44N4/c1-5-17-45(18-6-1)47-29-37-53(38-30-47)65(54-39-31-48(32-40-54)46-19-7-2-8-20-46)55-41-33-49(34-42-55)57-25-13-15-27-59(57)60-28-16-14-26-58(60)50-35-43-56(44-36-50)66-62(52-23-11-4-12-24-52)63-61(64-66)51-21-9-3-10-22-51/h1-44H. The predicted molar refractivity (Wildman–Crippen MR) is 274 cm³/mol. The van der Waals surface area contributed by atoms with Crippen molar-refractivity contribution in [3.63, 3.8) is 0 Å². The van der Waals surface area contributed by atoms with Gasteiger partial charge in [0.2, 0.25) is 0 Å². The Bertz CT molecular complexity index is 3260. The summed E-state index contributed by atoms with van der Waals surface area (Å²) in [6.45, 7) is 0. The number of hydrogen-bond acceptors (Lipinski definition) is 3. The van der Waals surface area contributed by atoms with E-state index in [1.165, 1.54) is 38.9 Å². The molecule has 1 heterocycles. The second-order valence-corrected chi connectivity index (χ2v) is 16.2. The van der Waals surface area contributed by atoms with E-state index in [1.807, 2.05) is 53.2 Å². The molecule has 0 spiro atoms. The van der Waals surface area contributed by atoms with Crippen LogP contribution in [-0.2, 0) is 0 Å². The maximum atomic E-state index is 5.02. The molecule has 0 aliphatic carbocycles. The third kappa shape index (κ3) is 8.11. The summed E-state index contributed by atoms with van der Waals surface area (Å²) in [5.74, 6) is 1.49. The highest BCUT2D eigenvalue weighted by atomic mass is 15.4. The van der Waals surface area contributed by atoms with E-state index in [4.69, 9.17) is 10.1 Å². The fourth-order valence-electron chi connectivity index (χ4n) is 8.80. The van der Waals surface area contributed by atoms with Crippen molar-refractivity contribution in [3.8, 4) is 84.1 Å². The molecule has 0 atom stereocenters. The van der Waals surface area contributed by atoms with E-state index < -0.39 is 0 Å². The van der Waals surface area contributed by atoms with Gasteiger partial charge in [0.05, 0.1) is 5.69 Å². The number of hydrogen-bond donors (Lipinski definition) is 0. The average molecular weight is 845 g/mol. The summed E-state index contributed by atoms with van der Waals surface area (Å²) in [7, 11) is 0. The summed E-state index contributed by atoms with van der Waals surface area (Å²) in [5, 5.41) is 5.02. The Morgan fingerprint density at radius 1 is 0.258 bits per heavy atom. The molecular weight excluding hydrogens is 801 g/mol. The van der Waals surface area contributed by atoms with Gasteiger partial charge >= 0.3 is 0 Å². The quantitative estimate of drug-likeness (QED) is 0.130. The van der Waals surface area contributed by atoms with Gasteiger partial charge in [-0.2, -0.15) is 0 Å². The van der Waals surface area contributed by atoms with E-state index in [0.717, 1.165) is 56.4 Å². The first-order valence-corrected chi connectivity index (χ1v) is 22.3. The van der Waals surface area contributed by atoms with Crippen molar-refractivity contribution in [2.75, 3.05) is 4.90 Å². The summed E-state index contributed by atoms with van der Waals surface area (Å²) in [5.41, 5.74) is 17.9. The van der Waals surface area contributed by atoms with Gasteiger partial charge in [0, 0.05) is 28.2 Å². The van der Waals surface area contributed by atoms with Crippen LogP contribution in [-0.4, -0.2) is 14.8 Å². The minimum absolute atomic E-state index is 0.691.